The van der Waals surface area contributed by atoms with Crippen molar-refractivity contribution in [2.24, 2.45) is 0 Å². The average Bonchev–Trinajstić information content (AvgIpc) is 3.03. The Morgan fingerprint density at radius 3 is 0.933 bits per heavy atom. The van der Waals surface area contributed by atoms with Crippen LogP contribution >= 0.6 is 0 Å². The van der Waals surface area contributed by atoms with E-state index in [0.29, 0.717) is 0 Å². The molecule has 20 heteroatoms. The van der Waals surface area contributed by atoms with Gasteiger partial charge in [0, 0.05) is 25.7 Å². The zero-order valence-corrected chi connectivity index (χ0v) is 15.5. The third kappa shape index (κ3) is 5.86. The number of alkyl halides is 6. The van der Waals surface area contributed by atoms with Crippen molar-refractivity contribution in [2.75, 3.05) is 0 Å². The molecular weight excluding hydrogens is 486 g/mol. The topological polar surface area (TPSA) is 161 Å². The number of carbonyl (C=O) groups is 4. The summed E-state index contributed by atoms with van der Waals surface area (Å²) in [5.41, 5.74) is -11.3. The van der Waals surface area contributed by atoms with Crippen LogP contribution in [-0.4, -0.2) is 61.6 Å². The van der Waals surface area contributed by atoms with E-state index >= 15 is 0 Å². The summed E-state index contributed by atoms with van der Waals surface area (Å²) < 4.78 is 119. The molecule has 0 atom stereocenters. The molecule has 172 valence electrons. The Bertz CT molecular complexity index is 845. The smallest absolute Gasteiger partial charge is 0.272 e. The first-order valence-electron chi connectivity index (χ1n) is 7.03. The minimum Gasteiger partial charge on any atom is -0.272 e. The molecule has 0 radical (unpaired) electrons. The molecule has 2 saturated heterocycles. The van der Waals surface area contributed by atoms with Crippen LogP contribution in [0.5, 0.6) is 0 Å². The van der Waals surface area contributed by atoms with Crippen molar-refractivity contribution >= 4 is 43.9 Å². The van der Waals surface area contributed by atoms with Gasteiger partial charge < -0.3 is 0 Å². The Labute approximate surface area is 162 Å². The predicted molar refractivity (Wildman–Crippen MR) is 74.3 cm³/mol. The summed E-state index contributed by atoms with van der Waals surface area (Å²) in [5, 5.41) is -0.772. The van der Waals surface area contributed by atoms with Gasteiger partial charge in [0.05, 0.1) is 0 Å². The van der Waals surface area contributed by atoms with Crippen molar-refractivity contribution < 1.29 is 70.9 Å². The summed E-state index contributed by atoms with van der Waals surface area (Å²) in [5.74, 6) is -4.47. The van der Waals surface area contributed by atoms with Gasteiger partial charge in [-0.1, -0.05) is 0 Å². The number of carbonyl (C=O) groups excluding carboxylic acids is 4. The lowest BCUT2D eigenvalue weighted by Gasteiger charge is -2.13. The minimum atomic E-state index is -5.96. The molecule has 0 saturated carbocycles. The van der Waals surface area contributed by atoms with Crippen LogP contribution in [0.1, 0.15) is 25.7 Å². The Balaban J connectivity index is 0.000000300. The largest absolute Gasteiger partial charge is 0.525 e. The van der Waals surface area contributed by atoms with E-state index in [1.807, 2.05) is 0 Å². The molecule has 2 rings (SSSR count). The third-order valence-corrected chi connectivity index (χ3v) is 4.75. The Morgan fingerprint density at radius 1 is 0.567 bits per heavy atom. The highest BCUT2D eigenvalue weighted by molar-refractivity contribution is 7.87. The molecule has 4 amide bonds. The van der Waals surface area contributed by atoms with Crippen LogP contribution in [0.3, 0.4) is 0 Å². The van der Waals surface area contributed by atoms with Crippen LogP contribution in [-0.2, 0) is 48.0 Å². The summed E-state index contributed by atoms with van der Waals surface area (Å²) in [7, 11) is -11.9. The molecule has 2 aliphatic heterocycles. The molecule has 0 aliphatic carbocycles. The zero-order chi connectivity index (χ0) is 23.7. The molecule has 2 fully saturated rings. The van der Waals surface area contributed by atoms with E-state index in [0.717, 1.165) is 0 Å². The maximum Gasteiger partial charge on any atom is 0.525 e. The van der Waals surface area contributed by atoms with Crippen LogP contribution < -0.4 is 0 Å². The van der Waals surface area contributed by atoms with Crippen molar-refractivity contribution in [3.05, 3.63) is 0 Å². The number of amides is 4. The number of imide groups is 2. The van der Waals surface area contributed by atoms with E-state index in [2.05, 4.69) is 8.57 Å². The highest BCUT2D eigenvalue weighted by Gasteiger charge is 2.52. The van der Waals surface area contributed by atoms with Crippen molar-refractivity contribution in [1.29, 1.82) is 0 Å². The molecule has 0 aromatic carbocycles. The zero-order valence-electron chi connectivity index (χ0n) is 13.9. The Kier molecular flexibility index (Phi) is 7.23. The average molecular weight is 494 g/mol. The fourth-order valence-corrected chi connectivity index (χ4v) is 2.45. The molecule has 0 bridgehead atoms. The predicted octanol–water partition coefficient (Wildman–Crippen LogP) is -0.167. The third-order valence-electron chi connectivity index (χ3n) is 2.92. The summed E-state index contributed by atoms with van der Waals surface area (Å²) in [6.07, 6.45) is -1.48. The van der Waals surface area contributed by atoms with E-state index < -0.39 is 54.9 Å². The quantitative estimate of drug-likeness (QED) is 0.292. The van der Waals surface area contributed by atoms with Gasteiger partial charge in [-0.3, -0.25) is 19.2 Å². The fourth-order valence-electron chi connectivity index (χ4n) is 1.56. The lowest BCUT2D eigenvalue weighted by molar-refractivity contribution is -0.168. The molecule has 0 unspecified atom stereocenters. The highest BCUT2D eigenvalue weighted by Crippen LogP contribution is 2.28. The second-order valence-electron chi connectivity index (χ2n) is 5.11. The Morgan fingerprint density at radius 2 is 0.767 bits per heavy atom. The van der Waals surface area contributed by atoms with Gasteiger partial charge >= 0.3 is 31.3 Å². The first-order valence-corrected chi connectivity index (χ1v) is 9.85. The van der Waals surface area contributed by atoms with Crippen LogP contribution in [0.2, 0.25) is 0 Å². The molecule has 0 aromatic rings. The van der Waals surface area contributed by atoms with Gasteiger partial charge in [-0.15, -0.1) is 18.7 Å². The molecule has 30 heavy (non-hydrogen) atoms. The van der Waals surface area contributed by atoms with Crippen LogP contribution in [0.4, 0.5) is 26.3 Å². The second kappa shape index (κ2) is 8.43. The van der Waals surface area contributed by atoms with Crippen molar-refractivity contribution in [3.8, 4) is 0 Å². The van der Waals surface area contributed by atoms with Gasteiger partial charge in [0.1, 0.15) is 0 Å². The van der Waals surface area contributed by atoms with E-state index in [1.54, 1.807) is 0 Å². The number of nitrogens with zero attached hydrogens (tertiary/aromatic N) is 2. The minimum absolute atomic E-state index is 0.369. The standard InChI is InChI=1S/2C5H4F3NO5S/c2*6-5(7,8)15(12,13)14-9-3(10)1-2-4(9)11/h2*1-2H2. The molecular formula is C10H8F6N2O10S2. The molecule has 0 aromatic heterocycles. The second-order valence-corrected chi connectivity index (χ2v) is 8.15. The van der Waals surface area contributed by atoms with Crippen molar-refractivity contribution in [2.45, 2.75) is 36.7 Å². The molecule has 2 heterocycles. The number of rotatable bonds is 4. The monoisotopic (exact) mass is 494 g/mol. The van der Waals surface area contributed by atoms with Crippen LogP contribution in [0.25, 0.3) is 0 Å². The van der Waals surface area contributed by atoms with Gasteiger partial charge in [0.25, 0.3) is 23.6 Å². The normalized spacial score (nSPS) is 18.7. The maximum absolute atomic E-state index is 11.8. The first-order chi connectivity index (χ1) is 13.3. The molecule has 0 spiro atoms. The van der Waals surface area contributed by atoms with Gasteiger partial charge in [0.15, 0.2) is 0 Å². The van der Waals surface area contributed by atoms with Crippen LogP contribution in [0, 0.1) is 0 Å². The molecule has 2 aliphatic rings. The molecule has 0 N–H and O–H groups in total. The van der Waals surface area contributed by atoms with E-state index in [4.69, 9.17) is 0 Å². The van der Waals surface area contributed by atoms with Gasteiger partial charge in [-0.25, -0.2) is 0 Å². The van der Waals surface area contributed by atoms with Crippen LogP contribution in [0.15, 0.2) is 0 Å². The lowest BCUT2D eigenvalue weighted by Crippen LogP contribution is -2.37. The van der Waals surface area contributed by atoms with E-state index in [9.17, 15) is 62.4 Å². The van der Waals surface area contributed by atoms with Gasteiger partial charge in [0.2, 0.25) is 0 Å². The summed E-state index contributed by atoms with van der Waals surface area (Å²) in [6.45, 7) is 0. The van der Waals surface area contributed by atoms with E-state index in [-0.39, 0.29) is 35.8 Å². The SMILES string of the molecule is O=C1CCC(=O)N1OS(=O)(=O)C(F)(F)F.O=C1CCC(=O)N1OS(=O)(=O)C(F)(F)F. The fraction of sp³-hybridized carbons (Fsp3) is 0.600. The van der Waals surface area contributed by atoms with Gasteiger partial charge in [-0.2, -0.15) is 43.2 Å². The number of hydroxylamine groups is 4. The highest BCUT2D eigenvalue weighted by atomic mass is 32.2. The number of hydrogen-bond donors (Lipinski definition) is 0. The first kappa shape index (κ1) is 25.7. The number of halogens is 6. The van der Waals surface area contributed by atoms with Gasteiger partial charge in [-0.05, 0) is 0 Å². The summed E-state index contributed by atoms with van der Waals surface area (Å²) >= 11 is 0. The van der Waals surface area contributed by atoms with Crippen molar-refractivity contribution in [3.63, 3.8) is 0 Å². The molecule has 12 nitrogen and oxygen atoms in total. The summed E-state index contributed by atoms with van der Waals surface area (Å²) in [4.78, 5) is 43.0. The number of hydrogen-bond acceptors (Lipinski definition) is 10. The lowest BCUT2D eigenvalue weighted by atomic mass is 10.4. The summed E-state index contributed by atoms with van der Waals surface area (Å²) in [6, 6.07) is 0. The maximum atomic E-state index is 11.8. The van der Waals surface area contributed by atoms with Crippen molar-refractivity contribution in [1.82, 2.24) is 10.1 Å². The Hall–Kier alpha value is -2.32. The van der Waals surface area contributed by atoms with E-state index in [1.165, 1.54) is 0 Å².